The first-order chi connectivity index (χ1) is 9.08. The maximum Gasteiger partial charge on any atom is 0.307 e. The summed E-state index contributed by atoms with van der Waals surface area (Å²) in [5, 5.41) is 12.6. The number of benzene rings is 1. The minimum atomic E-state index is -0.786. The molecule has 0 bridgehead atoms. The predicted molar refractivity (Wildman–Crippen MR) is 71.0 cm³/mol. The topological polar surface area (TPSA) is 67.8 Å². The van der Waals surface area contributed by atoms with Gasteiger partial charge in [0.25, 0.3) is 0 Å². The largest absolute Gasteiger partial charge is 0.493 e. The lowest BCUT2D eigenvalue weighted by Gasteiger charge is -2.17. The van der Waals surface area contributed by atoms with Crippen molar-refractivity contribution in [1.29, 1.82) is 0 Å². The maximum atomic E-state index is 11.0. The van der Waals surface area contributed by atoms with Crippen molar-refractivity contribution in [2.24, 2.45) is 5.92 Å². The Morgan fingerprint density at radius 1 is 1.42 bits per heavy atom. The Hall–Kier alpha value is -1.46. The molecule has 2 atom stereocenters. The summed E-state index contributed by atoms with van der Waals surface area (Å²) in [7, 11) is 3.07. The van der Waals surface area contributed by atoms with Crippen LogP contribution in [0.1, 0.15) is 18.0 Å². The SMILES string of the molecule is COc1ccc(C2CC(C(=O)O)CN2)c(Cl)c1OC. The molecule has 0 aromatic heterocycles. The summed E-state index contributed by atoms with van der Waals surface area (Å²) in [5.41, 5.74) is 0.836. The van der Waals surface area contributed by atoms with Crippen molar-refractivity contribution in [3.8, 4) is 11.5 Å². The second-order valence-electron chi connectivity index (χ2n) is 4.44. The molecule has 1 aromatic carbocycles. The summed E-state index contributed by atoms with van der Waals surface area (Å²) >= 11 is 6.31. The van der Waals surface area contributed by atoms with Crippen LogP contribution in [-0.2, 0) is 4.79 Å². The second kappa shape index (κ2) is 5.67. The van der Waals surface area contributed by atoms with Crippen LogP contribution in [0.3, 0.4) is 0 Å². The molecule has 2 unspecified atom stereocenters. The summed E-state index contributed by atoms with van der Waals surface area (Å²) < 4.78 is 10.4. The van der Waals surface area contributed by atoms with E-state index < -0.39 is 5.97 Å². The van der Waals surface area contributed by atoms with Gasteiger partial charge < -0.3 is 19.9 Å². The van der Waals surface area contributed by atoms with Gasteiger partial charge in [-0.05, 0) is 18.1 Å². The zero-order valence-electron chi connectivity index (χ0n) is 10.8. The van der Waals surface area contributed by atoms with Crippen molar-refractivity contribution in [3.05, 3.63) is 22.7 Å². The molecule has 1 aliphatic heterocycles. The number of carbonyl (C=O) groups is 1. The molecule has 6 heteroatoms. The highest BCUT2D eigenvalue weighted by Gasteiger charge is 2.32. The Kier molecular flexibility index (Phi) is 4.17. The predicted octanol–water partition coefficient (Wildman–Crippen LogP) is 2.09. The average molecular weight is 286 g/mol. The molecule has 5 nitrogen and oxygen atoms in total. The zero-order chi connectivity index (χ0) is 14.0. The van der Waals surface area contributed by atoms with Crippen LogP contribution in [-0.4, -0.2) is 31.8 Å². The minimum absolute atomic E-state index is 0.0755. The first-order valence-corrected chi connectivity index (χ1v) is 6.32. The van der Waals surface area contributed by atoms with E-state index in [0.717, 1.165) is 5.56 Å². The molecule has 104 valence electrons. The van der Waals surface area contributed by atoms with Crippen molar-refractivity contribution in [3.63, 3.8) is 0 Å². The third kappa shape index (κ3) is 2.62. The number of hydrogen-bond donors (Lipinski definition) is 2. The lowest BCUT2D eigenvalue weighted by atomic mass is 9.99. The number of nitrogens with one attached hydrogen (secondary N) is 1. The number of carboxylic acid groups (broad SMARTS) is 1. The van der Waals surface area contributed by atoms with Crippen LogP contribution >= 0.6 is 11.6 Å². The van der Waals surface area contributed by atoms with Crippen molar-refractivity contribution in [2.75, 3.05) is 20.8 Å². The molecule has 0 aliphatic carbocycles. The quantitative estimate of drug-likeness (QED) is 0.887. The second-order valence-corrected chi connectivity index (χ2v) is 4.81. The van der Waals surface area contributed by atoms with Crippen molar-refractivity contribution < 1.29 is 19.4 Å². The molecular formula is C13H16ClNO4. The summed E-state index contributed by atoms with van der Waals surface area (Å²) in [5.74, 6) is -0.132. The maximum absolute atomic E-state index is 11.0. The molecule has 1 saturated heterocycles. The van der Waals surface area contributed by atoms with Crippen molar-refractivity contribution in [1.82, 2.24) is 5.32 Å². The van der Waals surface area contributed by atoms with Gasteiger partial charge in [0.05, 0.1) is 25.2 Å². The van der Waals surface area contributed by atoms with Crippen LogP contribution in [0.25, 0.3) is 0 Å². The van der Waals surface area contributed by atoms with E-state index in [4.69, 9.17) is 26.2 Å². The molecule has 2 rings (SSSR count). The van der Waals surface area contributed by atoms with E-state index in [9.17, 15) is 4.79 Å². The number of aliphatic carboxylic acids is 1. The van der Waals surface area contributed by atoms with E-state index in [1.807, 2.05) is 6.07 Å². The van der Waals surface area contributed by atoms with Crippen LogP contribution in [0.15, 0.2) is 12.1 Å². The highest BCUT2D eigenvalue weighted by molar-refractivity contribution is 6.33. The molecule has 1 aliphatic rings. The van der Waals surface area contributed by atoms with E-state index in [1.165, 1.54) is 7.11 Å². The van der Waals surface area contributed by atoms with E-state index >= 15 is 0 Å². The minimum Gasteiger partial charge on any atom is -0.493 e. The lowest BCUT2D eigenvalue weighted by Crippen LogP contribution is -2.17. The van der Waals surface area contributed by atoms with Gasteiger partial charge in [-0.2, -0.15) is 0 Å². The Morgan fingerprint density at radius 3 is 2.68 bits per heavy atom. The molecule has 19 heavy (non-hydrogen) atoms. The number of ether oxygens (including phenoxy) is 2. The van der Waals surface area contributed by atoms with Crippen molar-refractivity contribution in [2.45, 2.75) is 12.5 Å². The Labute approximate surface area is 116 Å². The Morgan fingerprint density at radius 2 is 2.16 bits per heavy atom. The standard InChI is InChI=1S/C13H16ClNO4/c1-18-10-4-3-8(11(14)12(10)19-2)9-5-7(6-15-9)13(16)17/h3-4,7,9,15H,5-6H2,1-2H3,(H,16,17). The fourth-order valence-electron chi connectivity index (χ4n) is 2.33. The third-order valence-electron chi connectivity index (χ3n) is 3.37. The summed E-state index contributed by atoms with van der Waals surface area (Å²) in [6, 6.07) is 3.54. The molecule has 0 spiro atoms. The molecule has 0 saturated carbocycles. The normalized spacial score (nSPS) is 22.3. The lowest BCUT2D eigenvalue weighted by molar-refractivity contribution is -0.141. The summed E-state index contributed by atoms with van der Waals surface area (Å²) in [6.45, 7) is 0.449. The number of rotatable bonds is 4. The fraction of sp³-hybridized carbons (Fsp3) is 0.462. The van der Waals surface area contributed by atoms with E-state index in [0.29, 0.717) is 29.5 Å². The molecule has 1 heterocycles. The fourth-order valence-corrected chi connectivity index (χ4v) is 2.70. The van der Waals surface area contributed by atoms with E-state index in [1.54, 1.807) is 13.2 Å². The van der Waals surface area contributed by atoms with Crippen LogP contribution < -0.4 is 14.8 Å². The van der Waals surface area contributed by atoms with E-state index in [2.05, 4.69) is 5.32 Å². The Balaban J connectivity index is 2.29. The Bertz CT molecular complexity index is 492. The molecule has 2 N–H and O–H groups in total. The first kappa shape index (κ1) is 14.0. The monoisotopic (exact) mass is 285 g/mol. The van der Waals surface area contributed by atoms with Gasteiger partial charge in [0, 0.05) is 12.6 Å². The van der Waals surface area contributed by atoms with Gasteiger partial charge in [-0.15, -0.1) is 0 Å². The molecular weight excluding hydrogens is 270 g/mol. The number of methoxy groups -OCH3 is 2. The molecule has 1 aromatic rings. The summed E-state index contributed by atoms with van der Waals surface area (Å²) in [6.07, 6.45) is 0.518. The van der Waals surface area contributed by atoms with Gasteiger partial charge in [0.2, 0.25) is 0 Å². The van der Waals surface area contributed by atoms with Crippen LogP contribution in [0.5, 0.6) is 11.5 Å². The van der Waals surface area contributed by atoms with Gasteiger partial charge in [0.15, 0.2) is 11.5 Å². The number of hydrogen-bond acceptors (Lipinski definition) is 4. The van der Waals surface area contributed by atoms with Gasteiger partial charge >= 0.3 is 5.97 Å². The molecule has 0 amide bonds. The van der Waals surface area contributed by atoms with Crippen LogP contribution in [0.4, 0.5) is 0 Å². The first-order valence-electron chi connectivity index (χ1n) is 5.95. The smallest absolute Gasteiger partial charge is 0.307 e. The third-order valence-corrected chi connectivity index (χ3v) is 3.76. The average Bonchev–Trinajstić information content (AvgIpc) is 2.87. The van der Waals surface area contributed by atoms with Gasteiger partial charge in [-0.3, -0.25) is 4.79 Å². The van der Waals surface area contributed by atoms with Gasteiger partial charge in [0.1, 0.15) is 0 Å². The summed E-state index contributed by atoms with van der Waals surface area (Å²) in [4.78, 5) is 11.0. The highest BCUT2D eigenvalue weighted by atomic mass is 35.5. The highest BCUT2D eigenvalue weighted by Crippen LogP contribution is 2.41. The van der Waals surface area contributed by atoms with E-state index in [-0.39, 0.29) is 12.0 Å². The number of halogens is 1. The van der Waals surface area contributed by atoms with Crippen LogP contribution in [0, 0.1) is 5.92 Å². The van der Waals surface area contributed by atoms with Gasteiger partial charge in [-0.1, -0.05) is 17.7 Å². The molecule has 1 fully saturated rings. The van der Waals surface area contributed by atoms with Crippen molar-refractivity contribution >= 4 is 17.6 Å². The molecule has 0 radical (unpaired) electrons. The zero-order valence-corrected chi connectivity index (χ0v) is 11.5. The number of carboxylic acids is 1. The van der Waals surface area contributed by atoms with Crippen LogP contribution in [0.2, 0.25) is 5.02 Å². The van der Waals surface area contributed by atoms with Gasteiger partial charge in [-0.25, -0.2) is 0 Å².